The van der Waals surface area contributed by atoms with Gasteiger partial charge in [0.2, 0.25) is 0 Å². The monoisotopic (exact) mass is 533 g/mol. The van der Waals surface area contributed by atoms with Crippen LogP contribution in [0.2, 0.25) is 0 Å². The van der Waals surface area contributed by atoms with E-state index in [1.54, 1.807) is 30.3 Å². The SMILES string of the molecule is O=C(NCC(F)(F)F)c1ccc(N2CCN(C(=O)c3ccc(-c4cccc(O)c4)c4ccccc34)CC2)cc1. The van der Waals surface area contributed by atoms with E-state index in [0.717, 1.165) is 27.6 Å². The maximum absolute atomic E-state index is 13.6. The van der Waals surface area contributed by atoms with Gasteiger partial charge < -0.3 is 20.2 Å². The first-order chi connectivity index (χ1) is 18.7. The van der Waals surface area contributed by atoms with Crippen molar-refractivity contribution in [2.24, 2.45) is 0 Å². The lowest BCUT2D eigenvalue weighted by molar-refractivity contribution is -0.123. The second kappa shape index (κ2) is 10.7. The number of anilines is 1. The number of fused-ring (bicyclic) bond motifs is 1. The van der Waals surface area contributed by atoms with Crippen LogP contribution in [0, 0.1) is 0 Å². The van der Waals surface area contributed by atoms with E-state index < -0.39 is 18.6 Å². The van der Waals surface area contributed by atoms with Gasteiger partial charge in [-0.05, 0) is 64.4 Å². The number of piperazine rings is 1. The first-order valence-electron chi connectivity index (χ1n) is 12.5. The fraction of sp³-hybridized carbons (Fsp3) is 0.200. The number of aromatic hydroxyl groups is 1. The molecule has 0 atom stereocenters. The Bertz CT molecular complexity index is 1510. The summed E-state index contributed by atoms with van der Waals surface area (Å²) in [5.74, 6) is -0.671. The number of halogens is 3. The molecule has 2 N–H and O–H groups in total. The predicted molar refractivity (Wildman–Crippen MR) is 144 cm³/mol. The minimum absolute atomic E-state index is 0.0648. The largest absolute Gasteiger partial charge is 0.508 e. The second-order valence-electron chi connectivity index (χ2n) is 9.38. The van der Waals surface area contributed by atoms with Gasteiger partial charge in [-0.25, -0.2) is 0 Å². The van der Waals surface area contributed by atoms with Crippen molar-refractivity contribution in [2.75, 3.05) is 37.6 Å². The van der Waals surface area contributed by atoms with E-state index in [4.69, 9.17) is 0 Å². The molecule has 9 heteroatoms. The summed E-state index contributed by atoms with van der Waals surface area (Å²) in [6.45, 7) is 0.761. The molecule has 1 fully saturated rings. The van der Waals surface area contributed by atoms with Crippen molar-refractivity contribution in [1.29, 1.82) is 0 Å². The van der Waals surface area contributed by atoms with E-state index in [1.165, 1.54) is 12.1 Å². The third kappa shape index (κ3) is 5.82. The number of benzene rings is 4. The van der Waals surface area contributed by atoms with Crippen molar-refractivity contribution in [3.8, 4) is 16.9 Å². The Morgan fingerprint density at radius 1 is 0.821 bits per heavy atom. The number of phenolic OH excluding ortho intramolecular Hbond substituents is 1. The van der Waals surface area contributed by atoms with Crippen LogP contribution in [0.3, 0.4) is 0 Å². The fourth-order valence-electron chi connectivity index (χ4n) is 4.86. The van der Waals surface area contributed by atoms with Gasteiger partial charge >= 0.3 is 6.18 Å². The molecule has 4 aromatic carbocycles. The van der Waals surface area contributed by atoms with Gasteiger partial charge in [-0.15, -0.1) is 0 Å². The summed E-state index contributed by atoms with van der Waals surface area (Å²) in [5, 5.41) is 13.6. The molecule has 1 saturated heterocycles. The lowest BCUT2D eigenvalue weighted by Crippen LogP contribution is -2.48. The van der Waals surface area contributed by atoms with Gasteiger partial charge in [0, 0.05) is 43.0 Å². The highest BCUT2D eigenvalue weighted by Gasteiger charge is 2.28. The van der Waals surface area contributed by atoms with Gasteiger partial charge in [0.05, 0.1) is 0 Å². The van der Waals surface area contributed by atoms with Gasteiger partial charge in [-0.3, -0.25) is 9.59 Å². The summed E-state index contributed by atoms with van der Waals surface area (Å²) < 4.78 is 37.1. The zero-order valence-electron chi connectivity index (χ0n) is 20.9. The summed E-state index contributed by atoms with van der Waals surface area (Å²) in [7, 11) is 0. The summed E-state index contributed by atoms with van der Waals surface area (Å²) in [5.41, 5.74) is 3.38. The number of phenols is 1. The van der Waals surface area contributed by atoms with Crippen LogP contribution >= 0.6 is 0 Å². The molecule has 6 nitrogen and oxygen atoms in total. The Balaban J connectivity index is 1.27. The summed E-state index contributed by atoms with van der Waals surface area (Å²) in [6, 6.07) is 24.9. The smallest absolute Gasteiger partial charge is 0.405 e. The summed E-state index contributed by atoms with van der Waals surface area (Å²) >= 11 is 0. The average Bonchev–Trinajstić information content (AvgIpc) is 2.95. The fourth-order valence-corrected chi connectivity index (χ4v) is 4.86. The van der Waals surface area contributed by atoms with Gasteiger partial charge in [0.1, 0.15) is 12.3 Å². The molecule has 1 heterocycles. The standard InChI is InChI=1S/C30H26F3N3O3/c31-30(32,33)19-34-28(38)20-8-10-22(11-9-20)35-14-16-36(17-15-35)29(39)27-13-12-24(21-4-3-5-23(37)18-21)25-6-1-2-7-26(25)27/h1-13,18,37H,14-17,19H2,(H,34,38). The first-order valence-corrected chi connectivity index (χ1v) is 12.5. The lowest BCUT2D eigenvalue weighted by Gasteiger charge is -2.36. The van der Waals surface area contributed by atoms with Gasteiger partial charge in [0.15, 0.2) is 0 Å². The van der Waals surface area contributed by atoms with Crippen molar-refractivity contribution in [1.82, 2.24) is 10.2 Å². The van der Waals surface area contributed by atoms with E-state index >= 15 is 0 Å². The predicted octanol–water partition coefficient (Wildman–Crippen LogP) is 5.47. The molecule has 39 heavy (non-hydrogen) atoms. The molecule has 0 bridgehead atoms. The van der Waals surface area contributed by atoms with E-state index in [0.29, 0.717) is 31.7 Å². The summed E-state index contributed by atoms with van der Waals surface area (Å²) in [6.07, 6.45) is -4.47. The Morgan fingerprint density at radius 2 is 1.51 bits per heavy atom. The maximum atomic E-state index is 13.6. The normalized spacial score (nSPS) is 13.9. The number of hydrogen-bond acceptors (Lipinski definition) is 4. The molecular formula is C30H26F3N3O3. The summed E-state index contributed by atoms with van der Waals surface area (Å²) in [4.78, 5) is 29.4. The van der Waals surface area contributed by atoms with E-state index in [-0.39, 0.29) is 17.2 Å². The van der Waals surface area contributed by atoms with Crippen LogP contribution < -0.4 is 10.2 Å². The van der Waals surface area contributed by atoms with Crippen LogP contribution in [0.25, 0.3) is 21.9 Å². The molecule has 0 radical (unpaired) electrons. The minimum atomic E-state index is -4.47. The molecule has 4 aromatic rings. The number of nitrogens with one attached hydrogen (secondary N) is 1. The second-order valence-corrected chi connectivity index (χ2v) is 9.38. The van der Waals surface area contributed by atoms with Crippen molar-refractivity contribution >= 4 is 28.3 Å². The maximum Gasteiger partial charge on any atom is 0.405 e. The van der Waals surface area contributed by atoms with Crippen molar-refractivity contribution in [3.05, 3.63) is 96.1 Å². The average molecular weight is 534 g/mol. The molecule has 0 aliphatic carbocycles. The number of amides is 2. The highest BCUT2D eigenvalue weighted by Crippen LogP contribution is 2.33. The Kier molecular flexibility index (Phi) is 7.15. The zero-order valence-corrected chi connectivity index (χ0v) is 20.9. The Morgan fingerprint density at radius 3 is 2.18 bits per heavy atom. The highest BCUT2D eigenvalue weighted by atomic mass is 19.4. The van der Waals surface area contributed by atoms with Crippen molar-refractivity contribution in [2.45, 2.75) is 6.18 Å². The Hall–Kier alpha value is -4.53. The number of carbonyl (C=O) groups excluding carboxylic acids is 2. The number of hydrogen-bond donors (Lipinski definition) is 2. The van der Waals surface area contributed by atoms with Crippen LogP contribution in [0.1, 0.15) is 20.7 Å². The van der Waals surface area contributed by atoms with Crippen molar-refractivity contribution < 1.29 is 27.9 Å². The van der Waals surface area contributed by atoms with Crippen LogP contribution in [0.5, 0.6) is 5.75 Å². The molecule has 200 valence electrons. The highest BCUT2D eigenvalue weighted by molar-refractivity contribution is 6.11. The van der Waals surface area contributed by atoms with Gasteiger partial charge in [0.25, 0.3) is 11.8 Å². The third-order valence-corrected chi connectivity index (χ3v) is 6.82. The quantitative estimate of drug-likeness (QED) is 0.357. The third-order valence-electron chi connectivity index (χ3n) is 6.82. The van der Waals surface area contributed by atoms with E-state index in [2.05, 4.69) is 4.90 Å². The van der Waals surface area contributed by atoms with Gasteiger partial charge in [-0.2, -0.15) is 13.2 Å². The number of rotatable bonds is 5. The molecule has 1 aliphatic rings. The molecule has 0 unspecified atom stereocenters. The number of alkyl halides is 3. The van der Waals surface area contributed by atoms with Crippen LogP contribution in [-0.2, 0) is 0 Å². The van der Waals surface area contributed by atoms with Gasteiger partial charge in [-0.1, -0.05) is 42.5 Å². The molecule has 0 saturated carbocycles. The van der Waals surface area contributed by atoms with E-state index in [1.807, 2.05) is 52.7 Å². The molecule has 5 rings (SSSR count). The molecule has 1 aliphatic heterocycles. The van der Waals surface area contributed by atoms with Crippen LogP contribution in [-0.4, -0.2) is 60.7 Å². The van der Waals surface area contributed by atoms with Crippen molar-refractivity contribution in [3.63, 3.8) is 0 Å². The van der Waals surface area contributed by atoms with Crippen LogP contribution in [0.15, 0.2) is 84.9 Å². The number of nitrogens with zero attached hydrogens (tertiary/aromatic N) is 2. The topological polar surface area (TPSA) is 72.9 Å². The Labute approximate surface area is 223 Å². The lowest BCUT2D eigenvalue weighted by atomic mass is 9.94. The first kappa shape index (κ1) is 26.1. The molecule has 2 amide bonds. The minimum Gasteiger partial charge on any atom is -0.508 e. The molecule has 0 spiro atoms. The zero-order chi connectivity index (χ0) is 27.6. The molecule has 0 aromatic heterocycles. The number of carbonyl (C=O) groups is 2. The van der Waals surface area contributed by atoms with Crippen LogP contribution in [0.4, 0.5) is 18.9 Å². The molecular weight excluding hydrogens is 507 g/mol. The van der Waals surface area contributed by atoms with E-state index in [9.17, 15) is 27.9 Å².